The highest BCUT2D eigenvalue weighted by atomic mass is 19.1. The maximum Gasteiger partial charge on any atom is 0.407 e. The molecule has 0 radical (unpaired) electrons. The van der Waals surface area contributed by atoms with E-state index in [9.17, 15) is 14.0 Å². The summed E-state index contributed by atoms with van der Waals surface area (Å²) in [6, 6.07) is 13.0. The normalized spacial score (nSPS) is 10.5. The standard InChI is InChI=1S/C18H16FNO4/c19-16-10-4-8-15(17(21)22)14(16)9-5-11-20-18(23)24-12-13-6-2-1-3-7-13/h1-10H,11-12H2,(H,20,23)(H,21,22). The quantitative estimate of drug-likeness (QED) is 0.851. The van der Waals surface area contributed by atoms with Gasteiger partial charge in [0.15, 0.2) is 0 Å². The molecule has 0 aliphatic heterocycles. The Labute approximate surface area is 138 Å². The number of carboxylic acid groups (broad SMARTS) is 1. The van der Waals surface area contributed by atoms with Crippen LogP contribution in [-0.4, -0.2) is 23.7 Å². The summed E-state index contributed by atoms with van der Waals surface area (Å²) in [4.78, 5) is 22.6. The second kappa shape index (κ2) is 8.47. The molecule has 0 atom stereocenters. The van der Waals surface area contributed by atoms with Crippen LogP contribution < -0.4 is 5.32 Å². The Morgan fingerprint density at radius 1 is 1.12 bits per heavy atom. The molecule has 2 aromatic rings. The first-order valence-electron chi connectivity index (χ1n) is 7.21. The van der Waals surface area contributed by atoms with E-state index in [1.54, 1.807) is 0 Å². The minimum absolute atomic E-state index is 0.0375. The van der Waals surface area contributed by atoms with Gasteiger partial charge in [-0.1, -0.05) is 48.6 Å². The molecule has 5 nitrogen and oxygen atoms in total. The molecule has 2 aromatic carbocycles. The van der Waals surface area contributed by atoms with E-state index >= 15 is 0 Å². The summed E-state index contributed by atoms with van der Waals surface area (Å²) < 4.78 is 18.7. The van der Waals surface area contributed by atoms with Crippen LogP contribution in [0.3, 0.4) is 0 Å². The van der Waals surface area contributed by atoms with Gasteiger partial charge in [-0.25, -0.2) is 14.0 Å². The molecular formula is C18H16FNO4. The summed E-state index contributed by atoms with van der Waals surface area (Å²) in [7, 11) is 0. The topological polar surface area (TPSA) is 75.6 Å². The Hall–Kier alpha value is -3.15. The molecule has 0 aliphatic carbocycles. The average Bonchev–Trinajstić information content (AvgIpc) is 2.58. The van der Waals surface area contributed by atoms with E-state index in [4.69, 9.17) is 9.84 Å². The Morgan fingerprint density at radius 3 is 2.58 bits per heavy atom. The van der Waals surface area contributed by atoms with Crippen molar-refractivity contribution < 1.29 is 23.8 Å². The number of aromatic carboxylic acids is 1. The van der Waals surface area contributed by atoms with Crippen molar-refractivity contribution in [2.75, 3.05) is 6.54 Å². The van der Waals surface area contributed by atoms with Crippen molar-refractivity contribution in [2.45, 2.75) is 6.61 Å². The molecule has 0 bridgehead atoms. The molecule has 0 unspecified atom stereocenters. The number of carbonyl (C=O) groups excluding carboxylic acids is 1. The lowest BCUT2D eigenvalue weighted by Crippen LogP contribution is -2.24. The van der Waals surface area contributed by atoms with E-state index < -0.39 is 17.9 Å². The van der Waals surface area contributed by atoms with Gasteiger partial charge in [0.25, 0.3) is 0 Å². The van der Waals surface area contributed by atoms with Crippen LogP contribution in [0.5, 0.6) is 0 Å². The fraction of sp³-hybridized carbons (Fsp3) is 0.111. The van der Waals surface area contributed by atoms with Crippen LogP contribution in [0.1, 0.15) is 21.5 Å². The highest BCUT2D eigenvalue weighted by Crippen LogP contribution is 2.15. The summed E-state index contributed by atoms with van der Waals surface area (Å²) in [5.41, 5.74) is 0.683. The van der Waals surface area contributed by atoms with Crippen LogP contribution in [0.25, 0.3) is 6.08 Å². The number of hydrogen-bond donors (Lipinski definition) is 2. The van der Waals surface area contributed by atoms with Gasteiger partial charge in [-0.05, 0) is 17.7 Å². The van der Waals surface area contributed by atoms with Gasteiger partial charge in [-0.15, -0.1) is 0 Å². The molecule has 0 aromatic heterocycles. The lowest BCUT2D eigenvalue weighted by atomic mass is 10.1. The van der Waals surface area contributed by atoms with Crippen molar-refractivity contribution in [3.8, 4) is 0 Å². The van der Waals surface area contributed by atoms with Crippen molar-refractivity contribution in [3.05, 3.63) is 77.1 Å². The number of benzene rings is 2. The molecule has 0 aliphatic rings. The molecule has 0 heterocycles. The van der Waals surface area contributed by atoms with E-state index in [0.29, 0.717) is 0 Å². The van der Waals surface area contributed by atoms with Crippen molar-refractivity contribution in [1.82, 2.24) is 5.32 Å². The van der Waals surface area contributed by atoms with E-state index in [1.165, 1.54) is 30.4 Å². The zero-order chi connectivity index (χ0) is 17.4. The zero-order valence-corrected chi connectivity index (χ0v) is 12.7. The second-order valence-electron chi connectivity index (χ2n) is 4.85. The fourth-order valence-electron chi connectivity index (χ4n) is 1.99. The van der Waals surface area contributed by atoms with Gasteiger partial charge in [-0.2, -0.15) is 0 Å². The number of nitrogens with one attached hydrogen (secondary N) is 1. The minimum atomic E-state index is -1.22. The number of hydrogen-bond acceptors (Lipinski definition) is 3. The van der Waals surface area contributed by atoms with Crippen LogP contribution in [0.4, 0.5) is 9.18 Å². The molecule has 124 valence electrons. The summed E-state index contributed by atoms with van der Waals surface area (Å²) >= 11 is 0. The number of ether oxygens (including phenoxy) is 1. The number of alkyl carbamates (subject to hydrolysis) is 1. The SMILES string of the molecule is O=C(NCC=Cc1c(F)cccc1C(=O)O)OCc1ccccc1. The Balaban J connectivity index is 1.84. The maximum atomic E-state index is 13.7. The number of carbonyl (C=O) groups is 2. The molecule has 0 saturated carbocycles. The van der Waals surface area contributed by atoms with Crippen molar-refractivity contribution >= 4 is 18.1 Å². The van der Waals surface area contributed by atoms with Gasteiger partial charge in [-0.3, -0.25) is 0 Å². The minimum Gasteiger partial charge on any atom is -0.478 e. The third kappa shape index (κ3) is 4.95. The van der Waals surface area contributed by atoms with Gasteiger partial charge >= 0.3 is 12.1 Å². The molecular weight excluding hydrogens is 313 g/mol. The van der Waals surface area contributed by atoms with Crippen LogP contribution in [0.15, 0.2) is 54.6 Å². The maximum absolute atomic E-state index is 13.7. The van der Waals surface area contributed by atoms with E-state index in [2.05, 4.69) is 5.32 Å². The monoisotopic (exact) mass is 329 g/mol. The van der Waals surface area contributed by atoms with E-state index in [0.717, 1.165) is 5.56 Å². The van der Waals surface area contributed by atoms with Crippen molar-refractivity contribution in [2.24, 2.45) is 0 Å². The second-order valence-corrected chi connectivity index (χ2v) is 4.85. The lowest BCUT2D eigenvalue weighted by Gasteiger charge is -2.05. The highest BCUT2D eigenvalue weighted by molar-refractivity contribution is 5.92. The molecule has 1 amide bonds. The van der Waals surface area contributed by atoms with Gasteiger partial charge < -0.3 is 15.2 Å². The van der Waals surface area contributed by atoms with Crippen molar-refractivity contribution in [1.29, 1.82) is 0 Å². The third-order valence-electron chi connectivity index (χ3n) is 3.14. The number of rotatable bonds is 6. The Bertz CT molecular complexity index is 744. The third-order valence-corrected chi connectivity index (χ3v) is 3.14. The number of halogens is 1. The number of amides is 1. The van der Waals surface area contributed by atoms with Crippen LogP contribution >= 0.6 is 0 Å². The highest BCUT2D eigenvalue weighted by Gasteiger charge is 2.11. The van der Waals surface area contributed by atoms with Crippen LogP contribution in [-0.2, 0) is 11.3 Å². The summed E-state index contributed by atoms with van der Waals surface area (Å²) in [5.74, 6) is -1.86. The van der Waals surface area contributed by atoms with Gasteiger partial charge in [0.05, 0.1) is 5.56 Å². The van der Waals surface area contributed by atoms with Gasteiger partial charge in [0.1, 0.15) is 12.4 Å². The Kier molecular flexibility index (Phi) is 6.08. The van der Waals surface area contributed by atoms with Crippen LogP contribution in [0, 0.1) is 5.82 Å². The van der Waals surface area contributed by atoms with Crippen molar-refractivity contribution in [3.63, 3.8) is 0 Å². The molecule has 0 spiro atoms. The molecule has 2 rings (SSSR count). The predicted octanol–water partition coefficient (Wildman–Crippen LogP) is 3.46. The first-order chi connectivity index (χ1) is 11.6. The fourth-order valence-corrected chi connectivity index (χ4v) is 1.99. The largest absolute Gasteiger partial charge is 0.478 e. The first kappa shape index (κ1) is 17.2. The summed E-state index contributed by atoms with van der Waals surface area (Å²) in [6.45, 7) is 0.230. The molecule has 0 saturated heterocycles. The predicted molar refractivity (Wildman–Crippen MR) is 87.0 cm³/mol. The number of carboxylic acids is 1. The lowest BCUT2D eigenvalue weighted by molar-refractivity contribution is 0.0696. The van der Waals surface area contributed by atoms with Gasteiger partial charge in [0, 0.05) is 12.1 Å². The first-order valence-corrected chi connectivity index (χ1v) is 7.21. The van der Waals surface area contributed by atoms with Gasteiger partial charge in [0.2, 0.25) is 0 Å². The van der Waals surface area contributed by atoms with E-state index in [1.807, 2.05) is 30.3 Å². The molecule has 2 N–H and O–H groups in total. The van der Waals surface area contributed by atoms with Crippen LogP contribution in [0.2, 0.25) is 0 Å². The molecule has 24 heavy (non-hydrogen) atoms. The molecule has 6 heteroatoms. The summed E-state index contributed by atoms with van der Waals surface area (Å²) in [6.07, 6.45) is 2.15. The summed E-state index contributed by atoms with van der Waals surface area (Å²) in [5, 5.41) is 11.5. The smallest absolute Gasteiger partial charge is 0.407 e. The van der Waals surface area contributed by atoms with E-state index in [-0.39, 0.29) is 24.3 Å². The average molecular weight is 329 g/mol. The zero-order valence-electron chi connectivity index (χ0n) is 12.7. The molecule has 0 fully saturated rings. The Morgan fingerprint density at radius 2 is 1.88 bits per heavy atom.